The normalized spacial score (nSPS) is 11.8. The number of aromatic hydroxyl groups is 1. The van der Waals surface area contributed by atoms with Crippen LogP contribution in [0, 0.1) is 0 Å². The maximum absolute atomic E-state index is 12.5. The molecule has 4 rings (SSSR count). The third kappa shape index (κ3) is 3.88. The van der Waals surface area contributed by atoms with Crippen LogP contribution in [0.3, 0.4) is 0 Å². The molecule has 0 saturated carbocycles. The van der Waals surface area contributed by atoms with Crippen molar-refractivity contribution in [2.75, 3.05) is 0 Å². The van der Waals surface area contributed by atoms with Crippen molar-refractivity contribution in [3.8, 4) is 5.75 Å². The van der Waals surface area contributed by atoms with Gasteiger partial charge < -0.3 is 9.52 Å². The van der Waals surface area contributed by atoms with E-state index < -0.39 is 11.5 Å². The summed E-state index contributed by atoms with van der Waals surface area (Å²) in [6.07, 6.45) is 0. The monoisotopic (exact) mass is 528 g/mol. The van der Waals surface area contributed by atoms with E-state index >= 15 is 0 Å². The highest BCUT2D eigenvalue weighted by Crippen LogP contribution is 2.28. The molecule has 0 spiro atoms. The van der Waals surface area contributed by atoms with Gasteiger partial charge in [0.05, 0.1) is 21.3 Å². The largest absolute Gasteiger partial charge is 0.507 e. The summed E-state index contributed by atoms with van der Waals surface area (Å²) in [7, 11) is 0. The second-order valence-electron chi connectivity index (χ2n) is 6.61. The number of rotatable bonds is 3. The predicted octanol–water partition coefficient (Wildman–Crippen LogP) is 5.33. The van der Waals surface area contributed by atoms with Crippen molar-refractivity contribution in [1.82, 2.24) is 5.43 Å². The molecule has 8 heteroatoms. The number of nitrogens with zero attached hydrogens (tertiary/aromatic N) is 1. The van der Waals surface area contributed by atoms with Gasteiger partial charge in [-0.15, -0.1) is 0 Å². The van der Waals surface area contributed by atoms with Crippen LogP contribution in [0.2, 0.25) is 0 Å². The molecular formula is C22H14Br2N2O4. The van der Waals surface area contributed by atoms with Crippen molar-refractivity contribution in [2.24, 2.45) is 5.10 Å². The molecule has 30 heavy (non-hydrogen) atoms. The number of carbonyl (C=O) groups is 1. The minimum Gasteiger partial charge on any atom is -0.507 e. The summed E-state index contributed by atoms with van der Waals surface area (Å²) in [4.78, 5) is 24.9. The van der Waals surface area contributed by atoms with Crippen LogP contribution in [0.25, 0.3) is 21.7 Å². The average Bonchev–Trinajstić information content (AvgIpc) is 2.71. The summed E-state index contributed by atoms with van der Waals surface area (Å²) in [6.45, 7) is 1.59. The van der Waals surface area contributed by atoms with E-state index in [9.17, 15) is 14.7 Å². The molecular weight excluding hydrogens is 516 g/mol. The lowest BCUT2D eigenvalue weighted by atomic mass is 10.1. The summed E-state index contributed by atoms with van der Waals surface area (Å²) in [6, 6.07) is 15.7. The molecule has 0 unspecified atom stereocenters. The van der Waals surface area contributed by atoms with Crippen LogP contribution in [0.5, 0.6) is 5.75 Å². The summed E-state index contributed by atoms with van der Waals surface area (Å²) >= 11 is 6.77. The summed E-state index contributed by atoms with van der Waals surface area (Å²) < 4.78 is 6.86. The zero-order valence-corrected chi connectivity index (χ0v) is 18.7. The number of phenolic OH excluding ortho intramolecular Hbond substituents is 1. The van der Waals surface area contributed by atoms with Crippen molar-refractivity contribution in [1.29, 1.82) is 0 Å². The molecule has 0 atom stereocenters. The number of benzene rings is 3. The SMILES string of the molecule is C/C(=N\NC(=O)c1cc2ccccc2cc1O)c1cc2cc(Br)cc(Br)c2oc1=O. The van der Waals surface area contributed by atoms with E-state index in [1.807, 2.05) is 30.3 Å². The number of hydrogen-bond acceptors (Lipinski definition) is 5. The topological polar surface area (TPSA) is 91.9 Å². The number of hydrazone groups is 1. The Bertz CT molecular complexity index is 1410. The van der Waals surface area contributed by atoms with Crippen LogP contribution in [-0.4, -0.2) is 16.7 Å². The van der Waals surface area contributed by atoms with Gasteiger partial charge in [-0.3, -0.25) is 4.79 Å². The lowest BCUT2D eigenvalue weighted by Gasteiger charge is -2.07. The fraction of sp³-hybridized carbons (Fsp3) is 0.0455. The van der Waals surface area contributed by atoms with Crippen LogP contribution in [-0.2, 0) is 0 Å². The Morgan fingerprint density at radius 2 is 1.67 bits per heavy atom. The van der Waals surface area contributed by atoms with Crippen LogP contribution in [0.15, 0.2) is 77.9 Å². The Labute approximate surface area is 187 Å². The van der Waals surface area contributed by atoms with Gasteiger partial charge in [0.25, 0.3) is 5.91 Å². The molecule has 3 aromatic carbocycles. The molecule has 1 heterocycles. The van der Waals surface area contributed by atoms with Crippen molar-refractivity contribution in [3.05, 3.63) is 85.1 Å². The fourth-order valence-electron chi connectivity index (χ4n) is 3.07. The minimum atomic E-state index is -0.590. The van der Waals surface area contributed by atoms with Gasteiger partial charge in [0.2, 0.25) is 0 Å². The van der Waals surface area contributed by atoms with E-state index in [4.69, 9.17) is 4.42 Å². The van der Waals surface area contributed by atoms with Crippen molar-refractivity contribution in [2.45, 2.75) is 6.92 Å². The Hall–Kier alpha value is -2.97. The summed E-state index contributed by atoms with van der Waals surface area (Å²) in [5, 5.41) is 16.5. The molecule has 0 saturated heterocycles. The third-order valence-electron chi connectivity index (χ3n) is 4.58. The fourth-order valence-corrected chi connectivity index (χ4v) is 4.41. The number of phenols is 1. The van der Waals surface area contributed by atoms with E-state index in [1.54, 1.807) is 25.1 Å². The lowest BCUT2D eigenvalue weighted by molar-refractivity contribution is 0.0952. The average molecular weight is 530 g/mol. The molecule has 0 aliphatic rings. The van der Waals surface area contributed by atoms with Crippen LogP contribution >= 0.6 is 31.9 Å². The Morgan fingerprint density at radius 3 is 2.40 bits per heavy atom. The molecule has 1 amide bonds. The first-order chi connectivity index (χ1) is 14.3. The number of fused-ring (bicyclic) bond motifs is 2. The van der Waals surface area contributed by atoms with E-state index in [0.717, 1.165) is 15.2 Å². The van der Waals surface area contributed by atoms with Gasteiger partial charge in [-0.25, -0.2) is 10.2 Å². The van der Waals surface area contributed by atoms with Crippen molar-refractivity contribution < 1.29 is 14.3 Å². The lowest BCUT2D eigenvalue weighted by Crippen LogP contribution is -2.21. The smallest absolute Gasteiger partial charge is 0.345 e. The van der Waals surface area contributed by atoms with E-state index in [1.165, 1.54) is 6.07 Å². The highest BCUT2D eigenvalue weighted by molar-refractivity contribution is 9.11. The van der Waals surface area contributed by atoms with Gasteiger partial charge in [-0.1, -0.05) is 40.2 Å². The summed E-state index contributed by atoms with van der Waals surface area (Å²) in [5.41, 5.74) is 2.82. The summed E-state index contributed by atoms with van der Waals surface area (Å²) in [5.74, 6) is -0.743. The standard InChI is InChI=1S/C22H14Br2N2O4/c1-11(16-8-14-6-15(23)10-18(24)20(14)30-22(16)29)25-26-21(28)17-7-12-4-2-3-5-13(12)9-19(17)27/h2-10,27H,1H3,(H,26,28)/b25-11+. The molecule has 0 aliphatic carbocycles. The van der Waals surface area contributed by atoms with Gasteiger partial charge in [0.1, 0.15) is 5.75 Å². The number of nitrogens with one attached hydrogen (secondary N) is 1. The van der Waals surface area contributed by atoms with Gasteiger partial charge in [0.15, 0.2) is 5.58 Å². The molecule has 0 radical (unpaired) electrons. The second-order valence-corrected chi connectivity index (χ2v) is 8.38. The first-order valence-corrected chi connectivity index (χ1v) is 10.4. The van der Waals surface area contributed by atoms with Crippen molar-refractivity contribution in [3.63, 3.8) is 0 Å². The Kier molecular flexibility index (Phi) is 5.44. The molecule has 4 aromatic rings. The van der Waals surface area contributed by atoms with Crippen LogP contribution in [0.4, 0.5) is 0 Å². The van der Waals surface area contributed by atoms with Gasteiger partial charge in [-0.2, -0.15) is 5.10 Å². The zero-order valence-electron chi connectivity index (χ0n) is 15.6. The number of halogens is 2. The minimum absolute atomic E-state index is 0.0867. The van der Waals surface area contributed by atoms with Crippen molar-refractivity contribution >= 4 is 65.2 Å². The molecule has 0 aliphatic heterocycles. The molecule has 2 N–H and O–H groups in total. The van der Waals surface area contributed by atoms with E-state index in [0.29, 0.717) is 15.4 Å². The molecule has 1 aromatic heterocycles. The maximum atomic E-state index is 12.5. The Balaban J connectivity index is 1.66. The van der Waals surface area contributed by atoms with E-state index in [2.05, 4.69) is 42.4 Å². The molecule has 6 nitrogen and oxygen atoms in total. The zero-order chi connectivity index (χ0) is 21.4. The van der Waals surface area contributed by atoms with Crippen LogP contribution < -0.4 is 11.1 Å². The molecule has 150 valence electrons. The Morgan fingerprint density at radius 1 is 1.00 bits per heavy atom. The number of amides is 1. The predicted molar refractivity (Wildman–Crippen MR) is 123 cm³/mol. The van der Waals surface area contributed by atoms with Crippen LogP contribution in [0.1, 0.15) is 22.8 Å². The van der Waals surface area contributed by atoms with Gasteiger partial charge >= 0.3 is 5.63 Å². The van der Waals surface area contributed by atoms with Gasteiger partial charge in [0, 0.05) is 9.86 Å². The van der Waals surface area contributed by atoms with Gasteiger partial charge in [-0.05, 0) is 64.0 Å². The first kappa shape index (κ1) is 20.3. The van der Waals surface area contributed by atoms with E-state index in [-0.39, 0.29) is 22.6 Å². The second kappa shape index (κ2) is 8.04. The first-order valence-electron chi connectivity index (χ1n) is 8.83. The number of carbonyl (C=O) groups excluding carboxylic acids is 1. The quantitative estimate of drug-likeness (QED) is 0.213. The highest BCUT2D eigenvalue weighted by Gasteiger charge is 2.14. The highest BCUT2D eigenvalue weighted by atomic mass is 79.9. The maximum Gasteiger partial charge on any atom is 0.345 e. The molecule has 0 bridgehead atoms. The number of hydrogen-bond donors (Lipinski definition) is 2. The third-order valence-corrected chi connectivity index (χ3v) is 5.62. The molecule has 0 fully saturated rings.